The normalized spacial score (nSPS) is 18.8. The number of hydrogen-bond donors (Lipinski definition) is 7. The Kier molecular flexibility index (Phi) is 10.6. The number of thioether (sulfide) groups is 3. The van der Waals surface area contributed by atoms with E-state index in [-0.39, 0.29) is 32.6 Å². The molecule has 0 aromatic carbocycles. The van der Waals surface area contributed by atoms with Gasteiger partial charge in [-0.2, -0.15) is 11.8 Å². The highest BCUT2D eigenvalue weighted by molar-refractivity contribution is 8.06. The van der Waals surface area contributed by atoms with Gasteiger partial charge in [-0.05, 0) is 11.6 Å². The van der Waals surface area contributed by atoms with Crippen LogP contribution in [0.3, 0.4) is 0 Å². The molecule has 2 aliphatic rings. The molecule has 16 nitrogen and oxygen atoms in total. The molecule has 4 rings (SSSR count). The third-order valence-electron chi connectivity index (χ3n) is 5.75. The first-order valence-electron chi connectivity index (χ1n) is 11.9. The van der Waals surface area contributed by atoms with Crippen LogP contribution in [0.2, 0.25) is 4.34 Å². The Hall–Kier alpha value is -3.72. The fourth-order valence-electron chi connectivity index (χ4n) is 3.96. The number of amides is 3. The number of pyridine rings is 1. The zero-order valence-electron chi connectivity index (χ0n) is 21.7. The molecule has 21 heteroatoms. The van der Waals surface area contributed by atoms with Crippen molar-refractivity contribution in [2.75, 3.05) is 17.2 Å². The lowest BCUT2D eigenvalue weighted by Gasteiger charge is -2.49. The largest absolute Gasteiger partial charge is 0.477 e. The predicted molar refractivity (Wildman–Crippen MR) is 165 cm³/mol. The van der Waals surface area contributed by atoms with Crippen molar-refractivity contribution in [2.24, 2.45) is 21.6 Å². The monoisotopic (exact) mass is 686 g/mol. The van der Waals surface area contributed by atoms with E-state index in [9.17, 15) is 29.5 Å². The number of aliphatic imine (C=N–C) groups is 1. The molecule has 1 unspecified atom stereocenters. The van der Waals surface area contributed by atoms with Crippen molar-refractivity contribution in [1.82, 2.24) is 25.5 Å². The van der Waals surface area contributed by atoms with Gasteiger partial charge in [-0.25, -0.2) is 14.8 Å². The van der Waals surface area contributed by atoms with E-state index < -0.39 is 41.1 Å². The van der Waals surface area contributed by atoms with Gasteiger partial charge in [0.15, 0.2) is 16.8 Å². The highest BCUT2D eigenvalue weighted by Crippen LogP contribution is 2.46. The number of aliphatic carboxylic acids is 1. The molecular weight excluding hydrogens is 664 g/mol. The van der Waals surface area contributed by atoms with E-state index in [2.05, 4.69) is 30.7 Å². The number of hydrogen-bond acceptors (Lipinski definition) is 14. The molecule has 0 spiro atoms. The van der Waals surface area contributed by atoms with Crippen LogP contribution in [0.4, 0.5) is 5.13 Å². The molecule has 2 aliphatic heterocycles. The summed E-state index contributed by atoms with van der Waals surface area (Å²) in [4.78, 5) is 63.4. The number of nitrogens with zero attached hydrogens (tertiary/aromatic N) is 5. The van der Waals surface area contributed by atoms with Crippen LogP contribution in [-0.2, 0) is 24.9 Å². The SMILES string of the molecule is NC(N)=NC(CSCc1cnccc1SC1=C(C(=O)O)N2C(=O)[C@@H](NC(=O)/C(=N\O)c3nc(N)sc3Cl)[C@@H]2SC1)NC=O. The lowest BCUT2D eigenvalue weighted by atomic mass is 10.0. The number of nitrogen functional groups attached to an aromatic ring is 1. The number of carboxylic acid groups (broad SMARTS) is 1. The van der Waals surface area contributed by atoms with Crippen LogP contribution < -0.4 is 27.8 Å². The number of carbonyl (C=O) groups is 4. The van der Waals surface area contributed by atoms with Crippen molar-refractivity contribution >= 4 is 99.2 Å². The molecule has 10 N–H and O–H groups in total. The van der Waals surface area contributed by atoms with Crippen LogP contribution in [0.5, 0.6) is 0 Å². The molecule has 0 saturated carbocycles. The lowest BCUT2D eigenvalue weighted by molar-refractivity contribution is -0.150. The van der Waals surface area contributed by atoms with Gasteiger partial charge in [-0.15, -0.1) is 11.8 Å². The maximum Gasteiger partial charge on any atom is 0.353 e. The van der Waals surface area contributed by atoms with Crippen LogP contribution in [0.15, 0.2) is 44.1 Å². The van der Waals surface area contributed by atoms with Gasteiger partial charge in [0.1, 0.15) is 33.3 Å². The van der Waals surface area contributed by atoms with Gasteiger partial charge < -0.3 is 38.1 Å². The van der Waals surface area contributed by atoms with Gasteiger partial charge in [-0.3, -0.25) is 24.3 Å². The smallest absolute Gasteiger partial charge is 0.353 e. The van der Waals surface area contributed by atoms with Crippen LogP contribution in [0, 0.1) is 0 Å². The van der Waals surface area contributed by atoms with Crippen LogP contribution in [0.1, 0.15) is 11.3 Å². The number of aromatic nitrogens is 2. The van der Waals surface area contributed by atoms with Gasteiger partial charge in [0, 0.05) is 39.5 Å². The summed E-state index contributed by atoms with van der Waals surface area (Å²) in [6.07, 6.45) is 3.07. The Labute approximate surface area is 265 Å². The number of nitrogens with two attached hydrogens (primary N) is 3. The highest BCUT2D eigenvalue weighted by Gasteiger charge is 2.54. The van der Waals surface area contributed by atoms with Crippen LogP contribution in [-0.4, -0.2) is 90.1 Å². The van der Waals surface area contributed by atoms with Gasteiger partial charge in [0.25, 0.3) is 11.8 Å². The van der Waals surface area contributed by atoms with E-state index in [4.69, 9.17) is 28.8 Å². The summed E-state index contributed by atoms with van der Waals surface area (Å²) in [5.74, 6) is -2.03. The first-order chi connectivity index (χ1) is 20.5. The zero-order valence-corrected chi connectivity index (χ0v) is 25.7. The van der Waals surface area contributed by atoms with Crippen molar-refractivity contribution in [3.05, 3.63) is 44.7 Å². The number of anilines is 1. The van der Waals surface area contributed by atoms with Crippen molar-refractivity contribution < 1.29 is 29.5 Å². The summed E-state index contributed by atoms with van der Waals surface area (Å²) < 4.78 is 0.0203. The molecule has 4 heterocycles. The Bertz CT molecular complexity index is 1530. The average molecular weight is 687 g/mol. The first kappa shape index (κ1) is 32.2. The maximum absolute atomic E-state index is 13.1. The standard InChI is InChI=1S/C22H23ClN10O6S4/c23-16-12(31-22(26)43-16)13(32-39)17(35)30-14-18(36)33-15(20(37)38)10(5-41-19(14)33)42-9-1-2-27-3-8(9)4-40-6-11(28-7-34)29-21(24)25/h1-3,7,11,14,19,39H,4-6H2,(H2,26,31)(H,28,34)(H,30,35)(H,37,38)(H4,24,25,29)/b32-13-/t11?,14-,19+/m1/s1. The zero-order chi connectivity index (χ0) is 31.3. The third kappa shape index (κ3) is 7.26. The Balaban J connectivity index is 1.48. The summed E-state index contributed by atoms with van der Waals surface area (Å²) in [5, 5.41) is 26.8. The van der Waals surface area contributed by atoms with E-state index in [1.165, 1.54) is 35.3 Å². The fourth-order valence-corrected chi connectivity index (χ4v) is 8.51. The van der Waals surface area contributed by atoms with E-state index >= 15 is 0 Å². The number of oxime groups is 1. The van der Waals surface area contributed by atoms with Gasteiger partial charge >= 0.3 is 5.97 Å². The van der Waals surface area contributed by atoms with Gasteiger partial charge in [-0.1, -0.05) is 39.9 Å². The number of nitrogens with one attached hydrogen (secondary N) is 2. The molecule has 0 radical (unpaired) electrons. The summed E-state index contributed by atoms with van der Waals surface area (Å²) in [6, 6.07) is 0.643. The maximum atomic E-state index is 13.1. The summed E-state index contributed by atoms with van der Waals surface area (Å²) in [7, 11) is 0. The quantitative estimate of drug-likeness (QED) is 0.0366. The minimum atomic E-state index is -1.31. The molecule has 3 amide bonds. The molecule has 43 heavy (non-hydrogen) atoms. The number of carboxylic acids is 1. The number of rotatable bonds is 13. The van der Waals surface area contributed by atoms with Gasteiger partial charge in [0.05, 0.1) is 0 Å². The highest BCUT2D eigenvalue weighted by atomic mass is 35.5. The topological polar surface area (TPSA) is 265 Å². The predicted octanol–water partition coefficient (Wildman–Crippen LogP) is 0.0191. The molecule has 3 atom stereocenters. The molecule has 0 aliphatic carbocycles. The van der Waals surface area contributed by atoms with Crippen LogP contribution in [0.25, 0.3) is 0 Å². The molecule has 228 valence electrons. The molecule has 2 aromatic rings. The Morgan fingerprint density at radius 3 is 2.77 bits per heavy atom. The summed E-state index contributed by atoms with van der Waals surface area (Å²) in [6.45, 7) is 0. The Morgan fingerprint density at radius 2 is 2.14 bits per heavy atom. The van der Waals surface area contributed by atoms with Gasteiger partial charge in [0.2, 0.25) is 6.41 Å². The second kappa shape index (κ2) is 14.2. The number of carbonyl (C=O) groups excluding carboxylic acids is 3. The number of halogens is 1. The molecule has 1 fully saturated rings. The number of fused-ring (bicyclic) bond motifs is 1. The number of guanidine groups is 1. The van der Waals surface area contributed by atoms with E-state index in [0.717, 1.165) is 26.7 Å². The third-order valence-corrected chi connectivity index (χ3v) is 10.6. The number of thiazole rings is 1. The van der Waals surface area contributed by atoms with E-state index in [1.54, 1.807) is 18.5 Å². The van der Waals surface area contributed by atoms with E-state index in [0.29, 0.717) is 22.8 Å². The van der Waals surface area contributed by atoms with Crippen molar-refractivity contribution in [3.8, 4) is 0 Å². The molecule has 1 saturated heterocycles. The number of β-lactam (4-membered cyclic amide) rings is 1. The van der Waals surface area contributed by atoms with Crippen molar-refractivity contribution in [3.63, 3.8) is 0 Å². The summed E-state index contributed by atoms with van der Waals surface area (Å²) >= 11 is 10.8. The minimum absolute atomic E-state index is 0.0203. The molecular formula is C22H23ClN10O6S4. The van der Waals surface area contributed by atoms with E-state index in [1.807, 2.05) is 0 Å². The molecule has 0 bridgehead atoms. The molecule has 2 aromatic heterocycles. The average Bonchev–Trinajstić information content (AvgIpc) is 3.29. The lowest BCUT2D eigenvalue weighted by Crippen LogP contribution is -2.71. The second-order valence-electron chi connectivity index (χ2n) is 8.52. The second-order valence-corrected chi connectivity index (χ2v) is 13.4. The van der Waals surface area contributed by atoms with Crippen molar-refractivity contribution in [2.45, 2.75) is 28.2 Å². The van der Waals surface area contributed by atoms with Crippen molar-refractivity contribution in [1.29, 1.82) is 0 Å². The fraction of sp³-hybridized carbons (Fsp3) is 0.273. The minimum Gasteiger partial charge on any atom is -0.477 e. The first-order valence-corrected chi connectivity index (χ1v) is 16.1. The van der Waals surface area contributed by atoms with Crippen LogP contribution >= 0.6 is 58.2 Å². The Morgan fingerprint density at radius 1 is 1.37 bits per heavy atom. The summed E-state index contributed by atoms with van der Waals surface area (Å²) in [5.41, 5.74) is 16.3.